The van der Waals surface area contributed by atoms with E-state index in [4.69, 9.17) is 4.74 Å². The Balaban J connectivity index is 1.96. The Morgan fingerprint density at radius 2 is 2.05 bits per heavy atom. The molecule has 0 bridgehead atoms. The van der Waals surface area contributed by atoms with Crippen molar-refractivity contribution in [2.24, 2.45) is 0 Å². The normalized spacial score (nSPS) is 12.0. The van der Waals surface area contributed by atoms with Gasteiger partial charge in [0.15, 0.2) is 18.2 Å². The Kier molecular flexibility index (Phi) is 3.46. The number of rotatable bonds is 5. The predicted molar refractivity (Wildman–Crippen MR) is 74.8 cm³/mol. The molecule has 1 aromatic carbocycles. The van der Waals surface area contributed by atoms with Crippen LogP contribution in [0.15, 0.2) is 36.7 Å². The quantitative estimate of drug-likeness (QED) is 0.699. The first-order valence-corrected chi connectivity index (χ1v) is 6.41. The molecule has 2 aromatic heterocycles. The fourth-order valence-corrected chi connectivity index (χ4v) is 2.03. The second kappa shape index (κ2) is 5.58. The SMILES string of the molecule is CC(Oc1n[nH]c(C=O)c1-c1ccccc1)c1nc[nH]n1. The van der Waals surface area contributed by atoms with Crippen LogP contribution in [0.4, 0.5) is 0 Å². The summed E-state index contributed by atoms with van der Waals surface area (Å²) in [6.07, 6.45) is 1.82. The summed E-state index contributed by atoms with van der Waals surface area (Å²) in [5.74, 6) is 0.866. The fourth-order valence-electron chi connectivity index (χ4n) is 2.03. The van der Waals surface area contributed by atoms with Crippen molar-refractivity contribution in [1.82, 2.24) is 25.4 Å². The summed E-state index contributed by atoms with van der Waals surface area (Å²) in [7, 11) is 0. The van der Waals surface area contributed by atoms with Gasteiger partial charge in [-0.25, -0.2) is 4.98 Å². The maximum Gasteiger partial charge on any atom is 0.241 e. The minimum Gasteiger partial charge on any atom is -0.465 e. The molecule has 2 heterocycles. The molecule has 0 saturated carbocycles. The van der Waals surface area contributed by atoms with Crippen LogP contribution in [0.3, 0.4) is 0 Å². The molecule has 0 radical (unpaired) electrons. The average molecular weight is 283 g/mol. The molecular weight excluding hydrogens is 270 g/mol. The van der Waals surface area contributed by atoms with Crippen LogP contribution in [0.5, 0.6) is 5.88 Å². The van der Waals surface area contributed by atoms with Gasteiger partial charge in [-0.3, -0.25) is 15.0 Å². The Morgan fingerprint density at radius 3 is 2.71 bits per heavy atom. The maximum atomic E-state index is 11.2. The van der Waals surface area contributed by atoms with E-state index in [0.717, 1.165) is 11.8 Å². The first-order valence-electron chi connectivity index (χ1n) is 6.41. The van der Waals surface area contributed by atoms with Crippen LogP contribution in [0.25, 0.3) is 11.1 Å². The van der Waals surface area contributed by atoms with E-state index in [0.29, 0.717) is 23.0 Å². The van der Waals surface area contributed by atoms with Crippen molar-refractivity contribution in [3.05, 3.63) is 48.2 Å². The van der Waals surface area contributed by atoms with Crippen molar-refractivity contribution in [1.29, 1.82) is 0 Å². The lowest BCUT2D eigenvalue weighted by atomic mass is 10.1. The second-order valence-corrected chi connectivity index (χ2v) is 4.42. The first kappa shape index (κ1) is 13.0. The number of H-pyrrole nitrogens is 2. The van der Waals surface area contributed by atoms with Crippen LogP contribution in [-0.4, -0.2) is 31.7 Å². The van der Waals surface area contributed by atoms with Gasteiger partial charge in [-0.1, -0.05) is 30.3 Å². The molecule has 106 valence electrons. The Labute approximate surface area is 120 Å². The summed E-state index contributed by atoms with van der Waals surface area (Å²) < 4.78 is 5.78. The molecule has 0 fully saturated rings. The number of nitrogens with one attached hydrogen (secondary N) is 2. The van der Waals surface area contributed by atoms with E-state index in [2.05, 4.69) is 25.4 Å². The molecular formula is C14H13N5O2. The number of aldehydes is 1. The van der Waals surface area contributed by atoms with Gasteiger partial charge in [0.2, 0.25) is 5.88 Å². The van der Waals surface area contributed by atoms with Crippen molar-refractivity contribution in [3.63, 3.8) is 0 Å². The van der Waals surface area contributed by atoms with Crippen LogP contribution in [-0.2, 0) is 0 Å². The predicted octanol–water partition coefficient (Wildman–Crippen LogP) is 2.15. The van der Waals surface area contributed by atoms with Gasteiger partial charge >= 0.3 is 0 Å². The van der Waals surface area contributed by atoms with Crippen LogP contribution in [0, 0.1) is 0 Å². The smallest absolute Gasteiger partial charge is 0.241 e. The lowest BCUT2D eigenvalue weighted by Gasteiger charge is -2.10. The largest absolute Gasteiger partial charge is 0.465 e. The molecule has 0 aliphatic carbocycles. The van der Waals surface area contributed by atoms with Gasteiger partial charge in [-0.15, -0.1) is 5.10 Å². The van der Waals surface area contributed by atoms with Crippen molar-refractivity contribution in [3.8, 4) is 17.0 Å². The van der Waals surface area contributed by atoms with E-state index < -0.39 is 0 Å². The highest BCUT2D eigenvalue weighted by molar-refractivity contribution is 5.87. The summed E-state index contributed by atoms with van der Waals surface area (Å²) >= 11 is 0. The standard InChI is InChI=1S/C14H13N5O2/c1-9(13-15-8-16-18-13)21-14-12(11(7-20)17-19-14)10-5-3-2-4-6-10/h2-9H,1H3,(H,17,19)(H,15,16,18). The Bertz CT molecular complexity index is 721. The van der Waals surface area contributed by atoms with Gasteiger partial charge in [-0.2, -0.15) is 5.10 Å². The van der Waals surface area contributed by atoms with Gasteiger partial charge in [-0.05, 0) is 12.5 Å². The average Bonchev–Trinajstić information content (AvgIpc) is 3.17. The molecule has 2 N–H and O–H groups in total. The fraction of sp³-hybridized carbons (Fsp3) is 0.143. The maximum absolute atomic E-state index is 11.2. The van der Waals surface area contributed by atoms with Crippen molar-refractivity contribution >= 4 is 6.29 Å². The molecule has 3 aromatic rings. The highest BCUT2D eigenvalue weighted by Crippen LogP contribution is 2.32. The van der Waals surface area contributed by atoms with E-state index in [1.165, 1.54) is 6.33 Å². The summed E-state index contributed by atoms with van der Waals surface area (Å²) in [5, 5.41) is 13.4. The van der Waals surface area contributed by atoms with Crippen LogP contribution < -0.4 is 4.74 Å². The highest BCUT2D eigenvalue weighted by atomic mass is 16.5. The third kappa shape index (κ3) is 2.53. The summed E-state index contributed by atoms with van der Waals surface area (Å²) in [6, 6.07) is 9.46. The Hall–Kier alpha value is -2.96. The number of ether oxygens (including phenoxy) is 1. The number of hydrogen-bond donors (Lipinski definition) is 2. The van der Waals surface area contributed by atoms with E-state index >= 15 is 0 Å². The topological polar surface area (TPSA) is 96.5 Å². The molecule has 0 aliphatic rings. The van der Waals surface area contributed by atoms with Gasteiger partial charge in [0.05, 0.1) is 5.56 Å². The zero-order chi connectivity index (χ0) is 14.7. The van der Waals surface area contributed by atoms with E-state index in [-0.39, 0.29) is 6.10 Å². The number of nitrogens with zero attached hydrogens (tertiary/aromatic N) is 3. The van der Waals surface area contributed by atoms with Crippen LogP contribution in [0.1, 0.15) is 29.3 Å². The van der Waals surface area contributed by atoms with Gasteiger partial charge in [0.1, 0.15) is 12.0 Å². The zero-order valence-corrected chi connectivity index (χ0v) is 11.3. The summed E-state index contributed by atoms with van der Waals surface area (Å²) in [6.45, 7) is 1.81. The van der Waals surface area contributed by atoms with E-state index in [9.17, 15) is 4.79 Å². The molecule has 3 rings (SSSR count). The molecule has 0 saturated heterocycles. The van der Waals surface area contributed by atoms with Gasteiger partial charge in [0, 0.05) is 0 Å². The van der Waals surface area contributed by atoms with E-state index in [1.807, 2.05) is 37.3 Å². The first-order chi connectivity index (χ1) is 10.3. The number of carbonyl (C=O) groups excluding carboxylic acids is 1. The molecule has 0 amide bonds. The summed E-state index contributed by atoms with van der Waals surface area (Å²) in [4.78, 5) is 15.2. The molecule has 7 nitrogen and oxygen atoms in total. The molecule has 0 spiro atoms. The van der Waals surface area contributed by atoms with Crippen molar-refractivity contribution in [2.45, 2.75) is 13.0 Å². The number of carbonyl (C=O) groups is 1. The van der Waals surface area contributed by atoms with Crippen LogP contribution >= 0.6 is 0 Å². The lowest BCUT2D eigenvalue weighted by molar-refractivity contribution is 0.111. The number of aromatic nitrogens is 5. The lowest BCUT2D eigenvalue weighted by Crippen LogP contribution is -2.06. The number of benzene rings is 1. The van der Waals surface area contributed by atoms with Crippen molar-refractivity contribution < 1.29 is 9.53 Å². The molecule has 1 unspecified atom stereocenters. The van der Waals surface area contributed by atoms with Gasteiger partial charge in [0.25, 0.3) is 0 Å². The van der Waals surface area contributed by atoms with E-state index in [1.54, 1.807) is 0 Å². The highest BCUT2D eigenvalue weighted by Gasteiger charge is 2.20. The van der Waals surface area contributed by atoms with Gasteiger partial charge < -0.3 is 4.74 Å². The molecule has 21 heavy (non-hydrogen) atoms. The third-order valence-corrected chi connectivity index (χ3v) is 3.03. The molecule has 7 heteroatoms. The minimum absolute atomic E-state index is 0.348. The Morgan fingerprint density at radius 1 is 1.24 bits per heavy atom. The minimum atomic E-state index is -0.387. The van der Waals surface area contributed by atoms with Crippen molar-refractivity contribution in [2.75, 3.05) is 0 Å². The number of aromatic amines is 2. The zero-order valence-electron chi connectivity index (χ0n) is 11.3. The molecule has 1 atom stereocenters. The monoisotopic (exact) mass is 283 g/mol. The number of hydrogen-bond acceptors (Lipinski definition) is 5. The molecule has 0 aliphatic heterocycles. The third-order valence-electron chi connectivity index (χ3n) is 3.03. The summed E-state index contributed by atoms with van der Waals surface area (Å²) in [5.41, 5.74) is 1.86. The second-order valence-electron chi connectivity index (χ2n) is 4.42. The van der Waals surface area contributed by atoms with Crippen LogP contribution in [0.2, 0.25) is 0 Å².